The van der Waals surface area contributed by atoms with E-state index in [9.17, 15) is 4.79 Å². The number of nitrogens with zero attached hydrogens (tertiary/aromatic N) is 5. The Kier molecular flexibility index (Phi) is 5.03. The van der Waals surface area contributed by atoms with Gasteiger partial charge in [-0.25, -0.2) is 9.97 Å². The van der Waals surface area contributed by atoms with Crippen molar-refractivity contribution in [3.63, 3.8) is 0 Å². The van der Waals surface area contributed by atoms with Crippen molar-refractivity contribution in [1.82, 2.24) is 20.2 Å². The first-order chi connectivity index (χ1) is 11.5. The molecule has 1 amide bonds. The van der Waals surface area contributed by atoms with Crippen LogP contribution in [0.5, 0.6) is 0 Å². The molecule has 0 unspecified atom stereocenters. The minimum absolute atomic E-state index is 0.00266. The van der Waals surface area contributed by atoms with Gasteiger partial charge in [0.2, 0.25) is 17.0 Å². The van der Waals surface area contributed by atoms with E-state index >= 15 is 0 Å². The summed E-state index contributed by atoms with van der Waals surface area (Å²) in [5.41, 5.74) is 1.90. The fourth-order valence-electron chi connectivity index (χ4n) is 2.88. The van der Waals surface area contributed by atoms with Crippen molar-refractivity contribution >= 4 is 28.3 Å². The van der Waals surface area contributed by atoms with Crippen LogP contribution in [0.15, 0.2) is 6.07 Å². The second-order valence-corrected chi connectivity index (χ2v) is 7.14. The van der Waals surface area contributed by atoms with Crippen molar-refractivity contribution in [1.29, 1.82) is 0 Å². The second kappa shape index (κ2) is 7.21. The quantitative estimate of drug-likeness (QED) is 0.915. The molecule has 1 fully saturated rings. The lowest BCUT2D eigenvalue weighted by Crippen LogP contribution is -2.41. The Balaban J connectivity index is 1.67. The van der Waals surface area contributed by atoms with Gasteiger partial charge in [-0.05, 0) is 39.2 Å². The summed E-state index contributed by atoms with van der Waals surface area (Å²) >= 11 is 1.43. The SMILES string of the molecule is CCc1nnc(NC(=O)[C@H]2CCCN(c3nc(C)cc(C)n3)C2)s1. The molecule has 1 atom stereocenters. The topological polar surface area (TPSA) is 83.9 Å². The van der Waals surface area contributed by atoms with Gasteiger partial charge >= 0.3 is 0 Å². The first-order valence-corrected chi connectivity index (χ1v) is 9.07. The van der Waals surface area contributed by atoms with Crippen LogP contribution < -0.4 is 10.2 Å². The summed E-state index contributed by atoms with van der Waals surface area (Å²) in [7, 11) is 0. The van der Waals surface area contributed by atoms with Crippen molar-refractivity contribution in [3.8, 4) is 0 Å². The molecule has 8 heteroatoms. The predicted molar refractivity (Wildman–Crippen MR) is 94.4 cm³/mol. The van der Waals surface area contributed by atoms with Crippen LogP contribution in [0, 0.1) is 19.8 Å². The largest absolute Gasteiger partial charge is 0.340 e. The van der Waals surface area contributed by atoms with Crippen LogP contribution in [-0.4, -0.2) is 39.2 Å². The summed E-state index contributed by atoms with van der Waals surface area (Å²) in [6.07, 6.45) is 2.64. The highest BCUT2D eigenvalue weighted by molar-refractivity contribution is 7.15. The number of aryl methyl sites for hydroxylation is 3. The molecule has 1 aliphatic heterocycles. The van der Waals surface area contributed by atoms with E-state index in [1.807, 2.05) is 26.8 Å². The van der Waals surface area contributed by atoms with Gasteiger partial charge in [0, 0.05) is 24.5 Å². The van der Waals surface area contributed by atoms with E-state index in [2.05, 4.69) is 30.4 Å². The fraction of sp³-hybridized carbons (Fsp3) is 0.562. The fourth-order valence-corrected chi connectivity index (χ4v) is 3.56. The summed E-state index contributed by atoms with van der Waals surface area (Å²) in [5.74, 6) is 0.634. The Morgan fingerprint density at radius 2 is 2.08 bits per heavy atom. The third kappa shape index (κ3) is 3.87. The van der Waals surface area contributed by atoms with Gasteiger partial charge in [-0.3, -0.25) is 4.79 Å². The van der Waals surface area contributed by atoms with E-state index < -0.39 is 0 Å². The molecule has 1 saturated heterocycles. The van der Waals surface area contributed by atoms with Crippen molar-refractivity contribution in [2.75, 3.05) is 23.3 Å². The average molecular weight is 346 g/mol. The van der Waals surface area contributed by atoms with Crippen LogP contribution in [0.4, 0.5) is 11.1 Å². The molecule has 7 nitrogen and oxygen atoms in total. The zero-order valence-corrected chi connectivity index (χ0v) is 15.1. The standard InChI is InChI=1S/C16H22N6OS/c1-4-13-20-21-16(24-13)19-14(23)12-6-5-7-22(9-12)15-17-10(2)8-11(3)18-15/h8,12H,4-7,9H2,1-3H3,(H,19,21,23)/t12-/m0/s1. The van der Waals surface area contributed by atoms with E-state index in [0.717, 1.165) is 42.2 Å². The van der Waals surface area contributed by atoms with Crippen molar-refractivity contribution in [3.05, 3.63) is 22.5 Å². The predicted octanol–water partition coefficient (Wildman–Crippen LogP) is 2.36. The molecule has 128 valence electrons. The van der Waals surface area contributed by atoms with Crippen LogP contribution in [0.3, 0.4) is 0 Å². The lowest BCUT2D eigenvalue weighted by molar-refractivity contribution is -0.120. The highest BCUT2D eigenvalue weighted by Crippen LogP contribution is 2.23. The highest BCUT2D eigenvalue weighted by Gasteiger charge is 2.28. The van der Waals surface area contributed by atoms with Gasteiger partial charge < -0.3 is 10.2 Å². The van der Waals surface area contributed by atoms with Crippen LogP contribution in [-0.2, 0) is 11.2 Å². The molecule has 0 bridgehead atoms. The molecule has 1 N–H and O–H groups in total. The maximum atomic E-state index is 12.5. The first-order valence-electron chi connectivity index (χ1n) is 8.25. The molecule has 2 aromatic heterocycles. The molecule has 3 heterocycles. The highest BCUT2D eigenvalue weighted by atomic mass is 32.1. The second-order valence-electron chi connectivity index (χ2n) is 6.08. The van der Waals surface area contributed by atoms with E-state index in [0.29, 0.717) is 17.6 Å². The molecule has 0 aliphatic carbocycles. The number of anilines is 2. The maximum Gasteiger partial charge on any atom is 0.231 e. The molecule has 0 radical (unpaired) electrons. The Morgan fingerprint density at radius 3 is 2.75 bits per heavy atom. The number of amides is 1. The Labute approximate surface area is 145 Å². The van der Waals surface area contributed by atoms with Crippen molar-refractivity contribution < 1.29 is 4.79 Å². The minimum atomic E-state index is -0.0860. The number of aromatic nitrogens is 4. The lowest BCUT2D eigenvalue weighted by atomic mass is 9.97. The number of nitrogens with one attached hydrogen (secondary N) is 1. The molecule has 0 saturated carbocycles. The molecule has 0 spiro atoms. The molecule has 1 aliphatic rings. The van der Waals surface area contributed by atoms with Gasteiger partial charge in [-0.2, -0.15) is 0 Å². The smallest absolute Gasteiger partial charge is 0.231 e. The third-order valence-electron chi connectivity index (χ3n) is 4.04. The van der Waals surface area contributed by atoms with Gasteiger partial charge in [0.15, 0.2) is 0 Å². The molecule has 24 heavy (non-hydrogen) atoms. The zero-order chi connectivity index (χ0) is 17.1. The van der Waals surface area contributed by atoms with Crippen LogP contribution in [0.2, 0.25) is 0 Å². The lowest BCUT2D eigenvalue weighted by Gasteiger charge is -2.32. The Morgan fingerprint density at radius 1 is 1.33 bits per heavy atom. The van der Waals surface area contributed by atoms with E-state index in [4.69, 9.17) is 0 Å². The number of hydrogen-bond acceptors (Lipinski definition) is 7. The summed E-state index contributed by atoms with van der Waals surface area (Å²) in [6, 6.07) is 1.96. The number of piperidine rings is 1. The summed E-state index contributed by atoms with van der Waals surface area (Å²) in [4.78, 5) is 23.7. The zero-order valence-electron chi connectivity index (χ0n) is 14.2. The maximum absolute atomic E-state index is 12.5. The van der Waals surface area contributed by atoms with Crippen LogP contribution in [0.1, 0.15) is 36.2 Å². The summed E-state index contributed by atoms with van der Waals surface area (Å²) in [5, 5.41) is 12.5. The number of rotatable bonds is 4. The third-order valence-corrected chi connectivity index (χ3v) is 5.03. The molecule has 2 aromatic rings. The van der Waals surface area contributed by atoms with E-state index in [-0.39, 0.29) is 11.8 Å². The number of carbonyl (C=O) groups excluding carboxylic acids is 1. The van der Waals surface area contributed by atoms with Gasteiger partial charge in [0.05, 0.1) is 5.92 Å². The minimum Gasteiger partial charge on any atom is -0.340 e. The molecular formula is C16H22N6OS. The first kappa shape index (κ1) is 16.8. The van der Waals surface area contributed by atoms with Gasteiger partial charge in [-0.15, -0.1) is 10.2 Å². The Bertz CT molecular complexity index is 711. The van der Waals surface area contributed by atoms with Crippen molar-refractivity contribution in [2.24, 2.45) is 5.92 Å². The van der Waals surface area contributed by atoms with Gasteiger partial charge in [0.25, 0.3) is 0 Å². The van der Waals surface area contributed by atoms with E-state index in [1.165, 1.54) is 11.3 Å². The van der Waals surface area contributed by atoms with Crippen molar-refractivity contribution in [2.45, 2.75) is 40.0 Å². The van der Waals surface area contributed by atoms with Crippen LogP contribution >= 0.6 is 11.3 Å². The normalized spacial score (nSPS) is 17.8. The molecule has 0 aromatic carbocycles. The Hall–Kier alpha value is -2.09. The van der Waals surface area contributed by atoms with Gasteiger partial charge in [-0.1, -0.05) is 18.3 Å². The van der Waals surface area contributed by atoms with Gasteiger partial charge in [0.1, 0.15) is 5.01 Å². The number of hydrogen-bond donors (Lipinski definition) is 1. The molecule has 3 rings (SSSR count). The average Bonchev–Trinajstić information content (AvgIpc) is 3.01. The summed E-state index contributed by atoms with van der Waals surface area (Å²) < 4.78 is 0. The number of carbonyl (C=O) groups is 1. The molecular weight excluding hydrogens is 324 g/mol. The van der Waals surface area contributed by atoms with E-state index in [1.54, 1.807) is 0 Å². The monoisotopic (exact) mass is 346 g/mol. The van der Waals surface area contributed by atoms with Crippen LogP contribution in [0.25, 0.3) is 0 Å². The summed E-state index contributed by atoms with van der Waals surface area (Å²) in [6.45, 7) is 7.47.